The van der Waals surface area contributed by atoms with Gasteiger partial charge < -0.3 is 26.2 Å². The Morgan fingerprint density at radius 3 is 2.11 bits per heavy atom. The number of Topliss-reactive ketones (excluding diaryl/α,β-unsaturated/α-hetero) is 2. The van der Waals surface area contributed by atoms with Gasteiger partial charge in [-0.15, -0.1) is 29.8 Å². The Morgan fingerprint density at radius 2 is 1.64 bits per heavy atom. The average Bonchev–Trinajstić information content (AvgIpc) is 3.72. The highest BCUT2D eigenvalue weighted by Gasteiger charge is 2.51. The second-order valence-electron chi connectivity index (χ2n) is 13.3. The number of alkyl halides is 2. The lowest BCUT2D eigenvalue weighted by Crippen LogP contribution is -2.61. The minimum absolute atomic E-state index is 0.0219. The number of amides is 5. The minimum Gasteiger partial charge on any atom is -0.346 e. The summed E-state index contributed by atoms with van der Waals surface area (Å²) in [4.78, 5) is 79.7. The Labute approximate surface area is 271 Å². The van der Waals surface area contributed by atoms with Gasteiger partial charge in [-0.05, 0) is 36.5 Å². The Balaban J connectivity index is 2.34. The smallest absolute Gasteiger partial charge is 0.316 e. The van der Waals surface area contributed by atoms with Gasteiger partial charge in [-0.3, -0.25) is 24.0 Å². The summed E-state index contributed by atoms with van der Waals surface area (Å²) in [5.74, 6) is -4.03. The van der Waals surface area contributed by atoms with Crippen LogP contribution < -0.4 is 21.3 Å². The van der Waals surface area contributed by atoms with Gasteiger partial charge in [0, 0.05) is 24.9 Å². The molecule has 1 unspecified atom stereocenters. The summed E-state index contributed by atoms with van der Waals surface area (Å²) in [6, 6.07) is -4.64. The third-order valence-corrected chi connectivity index (χ3v) is 8.91. The van der Waals surface area contributed by atoms with Crippen molar-refractivity contribution in [3.8, 4) is 0 Å². The zero-order valence-electron chi connectivity index (χ0n) is 26.9. The van der Waals surface area contributed by atoms with Gasteiger partial charge in [-0.25, -0.2) is 4.79 Å². The lowest BCUT2D eigenvalue weighted by Gasteiger charge is -2.36. The molecule has 1 saturated heterocycles. The van der Waals surface area contributed by atoms with Crippen LogP contribution in [0.1, 0.15) is 74.1 Å². The van der Waals surface area contributed by atoms with E-state index < -0.39 is 75.8 Å². The van der Waals surface area contributed by atoms with E-state index in [2.05, 4.69) is 27.8 Å². The van der Waals surface area contributed by atoms with E-state index >= 15 is 0 Å². The Bertz CT molecular complexity index is 1100. The van der Waals surface area contributed by atoms with Crippen molar-refractivity contribution in [3.05, 3.63) is 12.7 Å². The van der Waals surface area contributed by atoms with Crippen LogP contribution in [0.3, 0.4) is 0 Å². The predicted octanol–water partition coefficient (Wildman–Crippen LogP) is 3.13. The first-order valence-corrected chi connectivity index (χ1v) is 16.3. The number of hydrogen-bond acceptors (Lipinski definition) is 6. The van der Waals surface area contributed by atoms with E-state index in [1.165, 1.54) is 11.0 Å². The van der Waals surface area contributed by atoms with Crippen LogP contribution in [0.15, 0.2) is 12.7 Å². The third kappa shape index (κ3) is 9.67. The molecule has 1 heterocycles. The molecule has 13 heteroatoms. The fourth-order valence-corrected chi connectivity index (χ4v) is 6.10. The van der Waals surface area contributed by atoms with E-state index in [1.807, 2.05) is 20.8 Å². The first-order valence-electron chi connectivity index (χ1n) is 15.4. The summed E-state index contributed by atoms with van der Waals surface area (Å²) < 4.78 is 0. The molecule has 44 heavy (non-hydrogen) atoms. The summed E-state index contributed by atoms with van der Waals surface area (Å²) in [6.45, 7) is 16.2. The highest BCUT2D eigenvalue weighted by molar-refractivity contribution is 6.44. The number of carbonyl (C=O) groups excluding carboxylic acids is 6. The molecule has 0 radical (unpaired) electrons. The number of halogens is 2. The molecular formula is C31H49Cl2N5O6. The number of urea groups is 1. The molecule has 0 bridgehead atoms. The van der Waals surface area contributed by atoms with Crippen LogP contribution in [0.5, 0.6) is 0 Å². The molecule has 2 fully saturated rings. The first-order chi connectivity index (χ1) is 20.5. The van der Waals surface area contributed by atoms with Crippen molar-refractivity contribution in [3.63, 3.8) is 0 Å². The van der Waals surface area contributed by atoms with Crippen LogP contribution in [0.2, 0.25) is 0 Å². The van der Waals surface area contributed by atoms with Crippen molar-refractivity contribution >= 4 is 58.5 Å². The maximum absolute atomic E-state index is 14.2. The maximum atomic E-state index is 14.2. The number of rotatable bonds is 15. The van der Waals surface area contributed by atoms with Crippen LogP contribution in [-0.2, 0) is 24.0 Å². The van der Waals surface area contributed by atoms with Gasteiger partial charge in [0.1, 0.15) is 16.9 Å². The second kappa shape index (κ2) is 16.1. The van der Waals surface area contributed by atoms with Crippen molar-refractivity contribution < 1.29 is 28.8 Å². The van der Waals surface area contributed by atoms with Gasteiger partial charge in [0.15, 0.2) is 5.78 Å². The van der Waals surface area contributed by atoms with Crippen LogP contribution in [0, 0.1) is 29.1 Å². The Morgan fingerprint density at radius 1 is 1.02 bits per heavy atom. The van der Waals surface area contributed by atoms with E-state index in [0.29, 0.717) is 6.42 Å². The van der Waals surface area contributed by atoms with Crippen molar-refractivity contribution in [2.75, 3.05) is 13.1 Å². The van der Waals surface area contributed by atoms with Crippen molar-refractivity contribution in [1.82, 2.24) is 26.2 Å². The topological polar surface area (TPSA) is 154 Å². The van der Waals surface area contributed by atoms with E-state index in [1.54, 1.807) is 27.7 Å². The van der Waals surface area contributed by atoms with Crippen molar-refractivity contribution in [1.29, 1.82) is 0 Å². The molecule has 0 spiro atoms. The zero-order valence-corrected chi connectivity index (χ0v) is 28.4. The van der Waals surface area contributed by atoms with Crippen LogP contribution >= 0.6 is 23.2 Å². The minimum atomic E-state index is -1.11. The number of nitrogens with zero attached hydrogens (tertiary/aromatic N) is 1. The fourth-order valence-electron chi connectivity index (χ4n) is 5.48. The van der Waals surface area contributed by atoms with E-state index in [9.17, 15) is 28.8 Å². The normalized spacial score (nSPS) is 22.2. The molecule has 1 aliphatic heterocycles. The number of ketones is 2. The molecule has 0 aromatic rings. The molecule has 2 aliphatic rings. The van der Waals surface area contributed by atoms with E-state index in [4.69, 9.17) is 23.2 Å². The van der Waals surface area contributed by atoms with Gasteiger partial charge in [-0.1, -0.05) is 61.0 Å². The number of carbonyl (C=O) groups is 6. The van der Waals surface area contributed by atoms with Crippen molar-refractivity contribution in [2.24, 2.45) is 29.1 Å². The highest BCUT2D eigenvalue weighted by atomic mass is 35.5. The number of hydrogen-bond donors (Lipinski definition) is 4. The lowest BCUT2D eigenvalue weighted by molar-refractivity contribution is -0.144. The SMILES string of the molecule is C=CCNC(=O)C(=O)[C@H](CCC)NC(=O)[C@@H]1C(C)[C@@H](C(Cl)Cl)CN1C(=O)[C@@H](NC(=O)N[C@H](C(=O)C1CC1)C(C)C)C(C)(C)C. The van der Waals surface area contributed by atoms with Crippen molar-refractivity contribution in [2.45, 2.75) is 103 Å². The van der Waals surface area contributed by atoms with Crippen LogP contribution in [-0.4, -0.2) is 82.3 Å². The lowest BCUT2D eigenvalue weighted by atomic mass is 9.85. The summed E-state index contributed by atoms with van der Waals surface area (Å²) in [5.41, 5.74) is -0.796. The third-order valence-electron chi connectivity index (χ3n) is 8.26. The molecule has 248 valence electrons. The molecule has 2 rings (SSSR count). The summed E-state index contributed by atoms with van der Waals surface area (Å²) in [6.07, 6.45) is 3.76. The van der Waals surface area contributed by atoms with Gasteiger partial charge in [0.05, 0.1) is 12.1 Å². The Kier molecular flexibility index (Phi) is 13.7. The molecule has 5 amide bonds. The van der Waals surface area contributed by atoms with Gasteiger partial charge in [-0.2, -0.15) is 0 Å². The van der Waals surface area contributed by atoms with Crippen LogP contribution in [0.4, 0.5) is 4.79 Å². The van der Waals surface area contributed by atoms with Gasteiger partial charge in [0.25, 0.3) is 5.91 Å². The summed E-state index contributed by atoms with van der Waals surface area (Å²) >= 11 is 12.6. The second-order valence-corrected chi connectivity index (χ2v) is 14.5. The fraction of sp³-hybridized carbons (Fsp3) is 0.742. The summed E-state index contributed by atoms with van der Waals surface area (Å²) in [7, 11) is 0. The number of nitrogens with one attached hydrogen (secondary N) is 4. The standard InChI is InChI=1S/C31H49Cl2N5O6/c1-9-11-20(24(40)28(42)34-14-10-2)35-27(41)22-17(5)19(26(32)33)15-38(22)29(43)25(31(6,7)8)37-30(44)36-21(16(3)4)23(39)18-12-13-18/h10,16-22,25-26H,2,9,11-15H2,1,3-8H3,(H,34,42)(H,35,41)(H2,36,37,44)/t17?,19-,20-,21-,22-,25+/m0/s1. The predicted molar refractivity (Wildman–Crippen MR) is 170 cm³/mol. The van der Waals surface area contributed by atoms with E-state index in [0.717, 1.165) is 12.8 Å². The maximum Gasteiger partial charge on any atom is 0.316 e. The summed E-state index contributed by atoms with van der Waals surface area (Å²) in [5, 5.41) is 10.6. The molecule has 0 aromatic heterocycles. The molecule has 6 atom stereocenters. The van der Waals surface area contributed by atoms with Gasteiger partial charge >= 0.3 is 6.03 Å². The molecule has 0 aromatic carbocycles. The van der Waals surface area contributed by atoms with Gasteiger partial charge in [0.2, 0.25) is 17.6 Å². The molecule has 4 N–H and O–H groups in total. The quantitative estimate of drug-likeness (QED) is 0.121. The molecule has 1 aliphatic carbocycles. The van der Waals surface area contributed by atoms with Crippen LogP contribution in [0.25, 0.3) is 0 Å². The molecule has 11 nitrogen and oxygen atoms in total. The monoisotopic (exact) mass is 657 g/mol. The zero-order chi connectivity index (χ0) is 33.5. The van der Waals surface area contributed by atoms with E-state index in [-0.39, 0.29) is 37.1 Å². The number of likely N-dealkylation sites (tertiary alicyclic amines) is 1. The molecular weight excluding hydrogens is 609 g/mol. The highest BCUT2D eigenvalue weighted by Crippen LogP contribution is 2.37. The molecule has 1 saturated carbocycles. The first kappa shape index (κ1) is 37.5. The average molecular weight is 659 g/mol. The largest absolute Gasteiger partial charge is 0.346 e. The Hall–Kier alpha value is -2.66.